The smallest absolute Gasteiger partial charge is 0.223 e. The molecule has 1 saturated heterocycles. The number of carbonyl (C=O) groups is 1. The lowest BCUT2D eigenvalue weighted by Crippen LogP contribution is -2.40. The number of rotatable bonds is 8. The third-order valence-corrected chi connectivity index (χ3v) is 4.88. The summed E-state index contributed by atoms with van der Waals surface area (Å²) in [6, 6.07) is 11.8. The van der Waals surface area contributed by atoms with E-state index in [2.05, 4.69) is 10.2 Å². The SMILES string of the molecule is Cc1ccccc1OCCC(=O)NCC(c1ccco1)N1CCCCC1. The van der Waals surface area contributed by atoms with Crippen LogP contribution in [-0.2, 0) is 4.79 Å². The van der Waals surface area contributed by atoms with Gasteiger partial charge in [-0.1, -0.05) is 24.6 Å². The molecule has 26 heavy (non-hydrogen) atoms. The van der Waals surface area contributed by atoms with E-state index in [-0.39, 0.29) is 11.9 Å². The van der Waals surface area contributed by atoms with E-state index in [0.29, 0.717) is 19.6 Å². The normalized spacial score (nSPS) is 16.2. The molecule has 1 fully saturated rings. The van der Waals surface area contributed by atoms with Gasteiger partial charge < -0.3 is 14.5 Å². The molecule has 1 amide bonds. The first-order valence-corrected chi connectivity index (χ1v) is 9.46. The Hall–Kier alpha value is -2.27. The number of hydrogen-bond donors (Lipinski definition) is 1. The Labute approximate surface area is 155 Å². The molecule has 0 spiro atoms. The highest BCUT2D eigenvalue weighted by molar-refractivity contribution is 5.76. The van der Waals surface area contributed by atoms with Crippen LogP contribution < -0.4 is 10.1 Å². The molecule has 2 aromatic rings. The lowest BCUT2D eigenvalue weighted by atomic mass is 10.1. The van der Waals surface area contributed by atoms with Gasteiger partial charge in [0.15, 0.2) is 0 Å². The van der Waals surface area contributed by atoms with Gasteiger partial charge in [0.2, 0.25) is 5.91 Å². The van der Waals surface area contributed by atoms with Gasteiger partial charge in [-0.3, -0.25) is 9.69 Å². The second-order valence-corrected chi connectivity index (χ2v) is 6.80. The number of carbonyl (C=O) groups excluding carboxylic acids is 1. The molecular formula is C21H28N2O3. The number of nitrogens with one attached hydrogen (secondary N) is 1. The maximum atomic E-state index is 12.2. The molecule has 1 unspecified atom stereocenters. The molecule has 1 aliphatic rings. The van der Waals surface area contributed by atoms with Gasteiger partial charge in [0.25, 0.3) is 0 Å². The quantitative estimate of drug-likeness (QED) is 0.784. The van der Waals surface area contributed by atoms with E-state index in [9.17, 15) is 4.79 Å². The topological polar surface area (TPSA) is 54.7 Å². The maximum absolute atomic E-state index is 12.2. The van der Waals surface area contributed by atoms with Crippen LogP contribution in [0.4, 0.5) is 0 Å². The van der Waals surface area contributed by atoms with Crippen molar-refractivity contribution in [2.75, 3.05) is 26.2 Å². The van der Waals surface area contributed by atoms with Gasteiger partial charge in [0.1, 0.15) is 11.5 Å². The largest absolute Gasteiger partial charge is 0.493 e. The van der Waals surface area contributed by atoms with Gasteiger partial charge in [-0.15, -0.1) is 0 Å². The predicted molar refractivity (Wildman–Crippen MR) is 101 cm³/mol. The van der Waals surface area contributed by atoms with Gasteiger partial charge >= 0.3 is 0 Å². The Balaban J connectivity index is 1.47. The van der Waals surface area contributed by atoms with Gasteiger partial charge in [0, 0.05) is 6.54 Å². The minimum atomic E-state index is 0.00662. The van der Waals surface area contributed by atoms with Crippen molar-refractivity contribution in [3.63, 3.8) is 0 Å². The lowest BCUT2D eigenvalue weighted by Gasteiger charge is -2.33. The van der Waals surface area contributed by atoms with E-state index in [1.165, 1.54) is 19.3 Å². The Bertz CT molecular complexity index is 678. The standard InChI is InChI=1S/C21H28N2O3/c1-17-8-3-4-9-19(17)26-15-11-21(24)22-16-18(20-10-7-14-25-20)23-12-5-2-6-13-23/h3-4,7-10,14,18H,2,5-6,11-13,15-16H2,1H3,(H,22,24). The van der Waals surface area contributed by atoms with Gasteiger partial charge in [-0.2, -0.15) is 0 Å². The Morgan fingerprint density at radius 2 is 2.00 bits per heavy atom. The third kappa shape index (κ3) is 5.11. The highest BCUT2D eigenvalue weighted by Crippen LogP contribution is 2.24. The van der Waals surface area contributed by atoms with Crippen LogP contribution in [0, 0.1) is 6.92 Å². The summed E-state index contributed by atoms with van der Waals surface area (Å²) in [4.78, 5) is 14.6. The zero-order valence-corrected chi connectivity index (χ0v) is 15.4. The second kappa shape index (κ2) is 9.43. The summed E-state index contributed by atoms with van der Waals surface area (Å²) in [5.41, 5.74) is 1.08. The van der Waals surface area contributed by atoms with Crippen LogP contribution in [0.1, 0.15) is 43.0 Å². The fraction of sp³-hybridized carbons (Fsp3) is 0.476. The summed E-state index contributed by atoms with van der Waals surface area (Å²) in [5.74, 6) is 1.76. The summed E-state index contributed by atoms with van der Waals surface area (Å²) >= 11 is 0. The highest BCUT2D eigenvalue weighted by Gasteiger charge is 2.24. The van der Waals surface area contributed by atoms with Crippen molar-refractivity contribution >= 4 is 5.91 Å². The predicted octanol–water partition coefficient (Wildman–Crippen LogP) is 3.70. The molecule has 1 aliphatic heterocycles. The minimum absolute atomic E-state index is 0.00662. The minimum Gasteiger partial charge on any atom is -0.493 e. The van der Waals surface area contributed by atoms with Crippen molar-refractivity contribution < 1.29 is 13.9 Å². The number of aryl methyl sites for hydroxylation is 1. The van der Waals surface area contributed by atoms with Crippen molar-refractivity contribution in [1.29, 1.82) is 0 Å². The van der Waals surface area contributed by atoms with E-state index >= 15 is 0 Å². The molecule has 5 heteroatoms. The van der Waals surface area contributed by atoms with Crippen LogP contribution in [0.15, 0.2) is 47.1 Å². The van der Waals surface area contributed by atoms with Crippen LogP contribution >= 0.6 is 0 Å². The lowest BCUT2D eigenvalue weighted by molar-refractivity contribution is -0.121. The molecule has 140 valence electrons. The number of amides is 1. The molecule has 3 rings (SSSR count). The molecular weight excluding hydrogens is 328 g/mol. The van der Waals surface area contributed by atoms with E-state index in [1.807, 2.05) is 43.3 Å². The fourth-order valence-electron chi connectivity index (χ4n) is 3.39. The molecule has 1 atom stereocenters. The van der Waals surface area contributed by atoms with Gasteiger partial charge in [0.05, 0.1) is 25.3 Å². The molecule has 0 bridgehead atoms. The van der Waals surface area contributed by atoms with E-state index in [1.54, 1.807) is 6.26 Å². The third-order valence-electron chi connectivity index (χ3n) is 4.88. The summed E-state index contributed by atoms with van der Waals surface area (Å²) < 4.78 is 11.3. The van der Waals surface area contributed by atoms with Gasteiger partial charge in [-0.05, 0) is 56.6 Å². The van der Waals surface area contributed by atoms with Crippen LogP contribution in [-0.4, -0.2) is 37.0 Å². The molecule has 1 aromatic carbocycles. The molecule has 0 radical (unpaired) electrons. The van der Waals surface area contributed by atoms with Crippen LogP contribution in [0.3, 0.4) is 0 Å². The van der Waals surface area contributed by atoms with E-state index < -0.39 is 0 Å². The van der Waals surface area contributed by atoms with Crippen molar-refractivity contribution in [3.8, 4) is 5.75 Å². The Kier molecular flexibility index (Phi) is 6.72. The second-order valence-electron chi connectivity index (χ2n) is 6.80. The van der Waals surface area contributed by atoms with Crippen molar-refractivity contribution in [3.05, 3.63) is 54.0 Å². The number of para-hydroxylation sites is 1. The van der Waals surface area contributed by atoms with Crippen molar-refractivity contribution in [1.82, 2.24) is 10.2 Å². The number of likely N-dealkylation sites (tertiary alicyclic amines) is 1. The maximum Gasteiger partial charge on any atom is 0.223 e. The van der Waals surface area contributed by atoms with Crippen LogP contribution in [0.5, 0.6) is 5.75 Å². The molecule has 1 N–H and O–H groups in total. The van der Waals surface area contributed by atoms with Crippen molar-refractivity contribution in [2.45, 2.75) is 38.6 Å². The number of nitrogens with zero attached hydrogens (tertiary/aromatic N) is 1. The number of ether oxygens (including phenoxy) is 1. The molecule has 2 heterocycles. The molecule has 1 aromatic heterocycles. The monoisotopic (exact) mass is 356 g/mol. The summed E-state index contributed by atoms with van der Waals surface area (Å²) in [6.07, 6.45) is 5.73. The summed E-state index contributed by atoms with van der Waals surface area (Å²) in [7, 11) is 0. The number of furan rings is 1. The first-order chi connectivity index (χ1) is 12.7. The number of hydrogen-bond acceptors (Lipinski definition) is 4. The van der Waals surface area contributed by atoms with Crippen LogP contribution in [0.25, 0.3) is 0 Å². The first-order valence-electron chi connectivity index (χ1n) is 9.46. The average Bonchev–Trinajstić information content (AvgIpc) is 3.19. The van der Waals surface area contributed by atoms with E-state index in [0.717, 1.165) is 30.2 Å². The fourth-order valence-corrected chi connectivity index (χ4v) is 3.39. The van der Waals surface area contributed by atoms with E-state index in [4.69, 9.17) is 9.15 Å². The molecule has 0 aliphatic carbocycles. The summed E-state index contributed by atoms with van der Waals surface area (Å²) in [5, 5.41) is 3.05. The molecule has 5 nitrogen and oxygen atoms in total. The average molecular weight is 356 g/mol. The molecule has 0 saturated carbocycles. The summed E-state index contributed by atoms with van der Waals surface area (Å²) in [6.45, 7) is 5.06. The van der Waals surface area contributed by atoms with Gasteiger partial charge in [-0.25, -0.2) is 0 Å². The van der Waals surface area contributed by atoms with Crippen molar-refractivity contribution in [2.24, 2.45) is 0 Å². The Morgan fingerprint density at radius 1 is 1.19 bits per heavy atom. The zero-order valence-electron chi connectivity index (χ0n) is 15.4. The number of benzene rings is 1. The highest BCUT2D eigenvalue weighted by atomic mass is 16.5. The number of piperidine rings is 1. The Morgan fingerprint density at radius 3 is 2.73 bits per heavy atom. The van der Waals surface area contributed by atoms with Crippen LogP contribution in [0.2, 0.25) is 0 Å². The first kappa shape index (κ1) is 18.5. The zero-order chi connectivity index (χ0) is 18.2.